The maximum atomic E-state index is 13.6. The van der Waals surface area contributed by atoms with Gasteiger partial charge in [0, 0.05) is 25.2 Å². The van der Waals surface area contributed by atoms with E-state index in [1.54, 1.807) is 18.2 Å². The molecule has 192 valence electrons. The monoisotopic (exact) mass is 494 g/mol. The largest absolute Gasteiger partial charge is 0.490 e. The van der Waals surface area contributed by atoms with Crippen LogP contribution in [0, 0.1) is 0 Å². The summed E-state index contributed by atoms with van der Waals surface area (Å²) in [5.74, 6) is 2.36. The minimum Gasteiger partial charge on any atom is -0.490 e. The van der Waals surface area contributed by atoms with Gasteiger partial charge in [0.1, 0.15) is 13.2 Å². The summed E-state index contributed by atoms with van der Waals surface area (Å²) in [6.07, 6.45) is 5.07. The fourth-order valence-corrected chi connectivity index (χ4v) is 5.19. The van der Waals surface area contributed by atoms with E-state index in [0.717, 1.165) is 55.8 Å². The van der Waals surface area contributed by atoms with Gasteiger partial charge in [-0.15, -0.1) is 0 Å². The van der Waals surface area contributed by atoms with Gasteiger partial charge in [0.05, 0.1) is 12.6 Å². The molecule has 2 aromatic rings. The third-order valence-corrected chi connectivity index (χ3v) is 7.02. The van der Waals surface area contributed by atoms with Gasteiger partial charge in [0.15, 0.2) is 29.6 Å². The van der Waals surface area contributed by atoms with Crippen LogP contribution < -0.4 is 18.9 Å². The Morgan fingerprint density at radius 3 is 2.50 bits per heavy atom. The van der Waals surface area contributed by atoms with E-state index < -0.39 is 0 Å². The normalized spacial score (nSPS) is 19.2. The highest BCUT2D eigenvalue weighted by Crippen LogP contribution is 2.39. The highest BCUT2D eigenvalue weighted by molar-refractivity contribution is 5.95. The summed E-state index contributed by atoms with van der Waals surface area (Å²) in [7, 11) is 0. The first-order valence-corrected chi connectivity index (χ1v) is 13.0. The summed E-state index contributed by atoms with van der Waals surface area (Å²) in [4.78, 5) is 29.9. The molecule has 2 aromatic carbocycles. The van der Waals surface area contributed by atoms with E-state index in [-0.39, 0.29) is 24.5 Å². The zero-order valence-electron chi connectivity index (χ0n) is 20.9. The average Bonchev–Trinajstić information content (AvgIpc) is 3.42. The second-order valence-electron chi connectivity index (χ2n) is 9.38. The number of fused-ring (bicyclic) bond motifs is 1. The van der Waals surface area contributed by atoms with Crippen LogP contribution in [0.2, 0.25) is 0 Å². The van der Waals surface area contributed by atoms with Gasteiger partial charge in [-0.3, -0.25) is 9.59 Å². The summed E-state index contributed by atoms with van der Waals surface area (Å²) in [6.45, 7) is 5.61. The average molecular weight is 495 g/mol. The molecule has 0 radical (unpaired) electrons. The van der Waals surface area contributed by atoms with Crippen LogP contribution in [0.15, 0.2) is 36.4 Å². The van der Waals surface area contributed by atoms with Gasteiger partial charge in [-0.25, -0.2) is 0 Å². The van der Waals surface area contributed by atoms with E-state index in [1.165, 1.54) is 6.42 Å². The van der Waals surface area contributed by atoms with Crippen molar-refractivity contribution in [3.05, 3.63) is 47.5 Å². The molecule has 3 aliphatic rings. The van der Waals surface area contributed by atoms with Crippen molar-refractivity contribution < 1.29 is 28.5 Å². The molecule has 3 aliphatic heterocycles. The van der Waals surface area contributed by atoms with Crippen LogP contribution >= 0.6 is 0 Å². The molecule has 1 atom stereocenters. The Hall–Kier alpha value is -3.42. The summed E-state index contributed by atoms with van der Waals surface area (Å²) in [5.41, 5.74) is 1.59. The number of carbonyl (C=O) groups is 2. The van der Waals surface area contributed by atoms with E-state index in [9.17, 15) is 9.59 Å². The second-order valence-corrected chi connectivity index (χ2v) is 9.38. The van der Waals surface area contributed by atoms with Crippen molar-refractivity contribution in [2.24, 2.45) is 0 Å². The molecule has 5 rings (SSSR count). The number of carbonyl (C=O) groups excluding carboxylic acids is 2. The van der Waals surface area contributed by atoms with Crippen molar-refractivity contribution in [2.45, 2.75) is 45.1 Å². The number of benzene rings is 2. The van der Waals surface area contributed by atoms with Gasteiger partial charge in [0.2, 0.25) is 0 Å². The second kappa shape index (κ2) is 11.1. The molecule has 2 saturated heterocycles. The predicted molar refractivity (Wildman–Crippen MR) is 134 cm³/mol. The predicted octanol–water partition coefficient (Wildman–Crippen LogP) is 4.23. The van der Waals surface area contributed by atoms with E-state index in [1.807, 2.05) is 34.9 Å². The highest BCUT2D eigenvalue weighted by Gasteiger charge is 2.32. The van der Waals surface area contributed by atoms with Crippen LogP contribution in [0.3, 0.4) is 0 Å². The van der Waals surface area contributed by atoms with E-state index in [4.69, 9.17) is 18.9 Å². The molecule has 36 heavy (non-hydrogen) atoms. The lowest BCUT2D eigenvalue weighted by molar-refractivity contribution is -0.134. The summed E-state index contributed by atoms with van der Waals surface area (Å²) in [5, 5.41) is 0. The molecule has 0 aliphatic carbocycles. The fourth-order valence-electron chi connectivity index (χ4n) is 5.19. The van der Waals surface area contributed by atoms with Crippen LogP contribution in [0.25, 0.3) is 0 Å². The van der Waals surface area contributed by atoms with Crippen LogP contribution in [0.1, 0.15) is 61.0 Å². The number of likely N-dealkylation sites (tertiary alicyclic amines) is 2. The Balaban J connectivity index is 1.30. The molecule has 0 bridgehead atoms. The zero-order chi connectivity index (χ0) is 24.9. The summed E-state index contributed by atoms with van der Waals surface area (Å²) in [6, 6.07) is 11.1. The molecule has 3 heterocycles. The minimum atomic E-state index is -0.0516. The van der Waals surface area contributed by atoms with Crippen LogP contribution in [0.5, 0.6) is 23.0 Å². The molecule has 0 spiro atoms. The lowest BCUT2D eigenvalue weighted by Gasteiger charge is -2.27. The fraction of sp³-hybridized carbons (Fsp3) is 0.500. The quantitative estimate of drug-likeness (QED) is 0.574. The van der Waals surface area contributed by atoms with Gasteiger partial charge in [-0.05, 0) is 74.9 Å². The molecule has 1 unspecified atom stereocenters. The SMILES string of the molecule is CCOc1cc(C(=O)N2CCCC2c2ccc3c(c2)OCCO3)ccc1OCC(=O)N1CCCCC1. The number of piperidine rings is 1. The first kappa shape index (κ1) is 24.3. The number of rotatable bonds is 7. The first-order chi connectivity index (χ1) is 17.6. The van der Waals surface area contributed by atoms with Crippen molar-refractivity contribution in [2.75, 3.05) is 46.1 Å². The van der Waals surface area contributed by atoms with Gasteiger partial charge in [0.25, 0.3) is 11.8 Å². The summed E-state index contributed by atoms with van der Waals surface area (Å²) >= 11 is 0. The molecular formula is C28H34N2O6. The Morgan fingerprint density at radius 1 is 0.889 bits per heavy atom. The van der Waals surface area contributed by atoms with Gasteiger partial charge < -0.3 is 28.7 Å². The maximum Gasteiger partial charge on any atom is 0.260 e. The standard InChI is InChI=1S/C28H34N2O6/c1-2-33-25-18-21(9-11-24(25)36-19-27(31)29-12-4-3-5-13-29)28(32)30-14-6-7-22(30)20-8-10-23-26(17-20)35-16-15-34-23/h8-11,17-18,22H,2-7,12-16,19H2,1H3. The van der Waals surface area contributed by atoms with E-state index >= 15 is 0 Å². The Bertz CT molecular complexity index is 1100. The number of hydrogen-bond donors (Lipinski definition) is 0. The van der Waals surface area contributed by atoms with Crippen molar-refractivity contribution >= 4 is 11.8 Å². The van der Waals surface area contributed by atoms with Gasteiger partial charge in [-0.1, -0.05) is 6.07 Å². The van der Waals surface area contributed by atoms with E-state index in [2.05, 4.69) is 0 Å². The Labute approximate surface area is 212 Å². The van der Waals surface area contributed by atoms with Gasteiger partial charge >= 0.3 is 0 Å². The lowest BCUT2D eigenvalue weighted by Crippen LogP contribution is -2.38. The van der Waals surface area contributed by atoms with Crippen LogP contribution in [0.4, 0.5) is 0 Å². The lowest BCUT2D eigenvalue weighted by atomic mass is 10.0. The third-order valence-electron chi connectivity index (χ3n) is 7.02. The molecular weight excluding hydrogens is 460 g/mol. The van der Waals surface area contributed by atoms with Crippen molar-refractivity contribution in [3.63, 3.8) is 0 Å². The Morgan fingerprint density at radius 2 is 1.69 bits per heavy atom. The molecule has 2 fully saturated rings. The number of hydrogen-bond acceptors (Lipinski definition) is 6. The van der Waals surface area contributed by atoms with Crippen LogP contribution in [-0.4, -0.2) is 67.7 Å². The van der Waals surface area contributed by atoms with Gasteiger partial charge in [-0.2, -0.15) is 0 Å². The van der Waals surface area contributed by atoms with Crippen molar-refractivity contribution in [1.82, 2.24) is 9.80 Å². The number of nitrogens with zero attached hydrogens (tertiary/aromatic N) is 2. The third kappa shape index (κ3) is 5.22. The molecule has 0 saturated carbocycles. The summed E-state index contributed by atoms with van der Waals surface area (Å²) < 4.78 is 23.0. The Kier molecular flexibility index (Phi) is 7.49. The number of ether oxygens (including phenoxy) is 4. The molecule has 2 amide bonds. The molecule has 8 nitrogen and oxygen atoms in total. The maximum absolute atomic E-state index is 13.6. The van der Waals surface area contributed by atoms with Crippen molar-refractivity contribution in [1.29, 1.82) is 0 Å². The first-order valence-electron chi connectivity index (χ1n) is 13.0. The molecule has 0 aromatic heterocycles. The molecule has 0 N–H and O–H groups in total. The van der Waals surface area contributed by atoms with Crippen molar-refractivity contribution in [3.8, 4) is 23.0 Å². The number of amides is 2. The smallest absolute Gasteiger partial charge is 0.260 e. The van der Waals surface area contributed by atoms with E-state index in [0.29, 0.717) is 43.4 Å². The minimum absolute atomic E-state index is 0.0170. The topological polar surface area (TPSA) is 77.5 Å². The highest BCUT2D eigenvalue weighted by atomic mass is 16.6. The van der Waals surface area contributed by atoms with Crippen LogP contribution in [-0.2, 0) is 4.79 Å². The molecule has 8 heteroatoms. The zero-order valence-corrected chi connectivity index (χ0v) is 20.9.